The van der Waals surface area contributed by atoms with Gasteiger partial charge in [-0.3, -0.25) is 0 Å². The summed E-state index contributed by atoms with van der Waals surface area (Å²) in [7, 11) is 0. The second kappa shape index (κ2) is 7.16. The van der Waals surface area contributed by atoms with E-state index >= 15 is 0 Å². The third-order valence-corrected chi connectivity index (χ3v) is 3.99. The Hall–Kier alpha value is -0.730. The maximum Gasteiger partial charge on any atom is 0.0637 e. The average Bonchev–Trinajstić information content (AvgIpc) is 2.44. The van der Waals surface area contributed by atoms with Gasteiger partial charge in [-0.2, -0.15) is 0 Å². The Bertz CT molecular complexity index is 555. The van der Waals surface area contributed by atoms with Crippen molar-refractivity contribution in [1.82, 2.24) is 5.32 Å². The number of benzene rings is 2. The van der Waals surface area contributed by atoms with E-state index in [1.54, 1.807) is 6.07 Å². The van der Waals surface area contributed by atoms with Gasteiger partial charge in [-0.15, -0.1) is 11.6 Å². The van der Waals surface area contributed by atoms with E-state index < -0.39 is 0 Å². The third kappa shape index (κ3) is 4.12. The topological polar surface area (TPSA) is 12.0 Å². The SMILES string of the molecule is ClCc1cccc(CNCc2cccc(Cl)c2Cl)c1. The van der Waals surface area contributed by atoms with Crippen LogP contribution in [0.25, 0.3) is 0 Å². The van der Waals surface area contributed by atoms with E-state index in [4.69, 9.17) is 34.8 Å². The molecule has 2 aromatic rings. The van der Waals surface area contributed by atoms with Crippen LogP contribution in [0.5, 0.6) is 0 Å². The van der Waals surface area contributed by atoms with Gasteiger partial charge in [-0.25, -0.2) is 0 Å². The molecule has 0 aliphatic carbocycles. The van der Waals surface area contributed by atoms with Crippen LogP contribution in [0.1, 0.15) is 16.7 Å². The molecule has 2 rings (SSSR count). The Kier molecular flexibility index (Phi) is 5.53. The summed E-state index contributed by atoms with van der Waals surface area (Å²) >= 11 is 17.9. The summed E-state index contributed by atoms with van der Waals surface area (Å²) in [6.07, 6.45) is 0. The first kappa shape index (κ1) is 14.7. The molecule has 0 aliphatic heterocycles. The zero-order chi connectivity index (χ0) is 13.7. The monoisotopic (exact) mass is 313 g/mol. The van der Waals surface area contributed by atoms with Crippen molar-refractivity contribution in [1.29, 1.82) is 0 Å². The highest BCUT2D eigenvalue weighted by atomic mass is 35.5. The van der Waals surface area contributed by atoms with Crippen LogP contribution in [0.3, 0.4) is 0 Å². The third-order valence-electron chi connectivity index (χ3n) is 2.82. The second-order valence-corrected chi connectivity index (χ2v) is 5.32. The molecule has 2 aromatic carbocycles. The highest BCUT2D eigenvalue weighted by Gasteiger charge is 2.03. The van der Waals surface area contributed by atoms with E-state index in [1.807, 2.05) is 24.3 Å². The van der Waals surface area contributed by atoms with E-state index in [2.05, 4.69) is 17.4 Å². The minimum atomic E-state index is 0.536. The fourth-order valence-electron chi connectivity index (χ4n) is 1.85. The lowest BCUT2D eigenvalue weighted by Gasteiger charge is -2.08. The van der Waals surface area contributed by atoms with Gasteiger partial charge in [-0.05, 0) is 22.8 Å². The number of nitrogens with one attached hydrogen (secondary N) is 1. The minimum absolute atomic E-state index is 0.536. The van der Waals surface area contributed by atoms with Gasteiger partial charge < -0.3 is 5.32 Å². The molecule has 0 aliphatic rings. The average molecular weight is 315 g/mol. The van der Waals surface area contributed by atoms with Gasteiger partial charge >= 0.3 is 0 Å². The summed E-state index contributed by atoms with van der Waals surface area (Å²) in [6, 6.07) is 13.9. The van der Waals surface area contributed by atoms with Crippen molar-refractivity contribution >= 4 is 34.8 Å². The molecular weight excluding hydrogens is 301 g/mol. The lowest BCUT2D eigenvalue weighted by Crippen LogP contribution is -2.13. The zero-order valence-electron chi connectivity index (χ0n) is 10.3. The molecular formula is C15H14Cl3N. The molecule has 1 N–H and O–H groups in total. The maximum atomic E-state index is 6.13. The van der Waals surface area contributed by atoms with Gasteiger partial charge in [0.2, 0.25) is 0 Å². The molecule has 0 fully saturated rings. The lowest BCUT2D eigenvalue weighted by molar-refractivity contribution is 0.693. The highest BCUT2D eigenvalue weighted by molar-refractivity contribution is 6.42. The van der Waals surface area contributed by atoms with Gasteiger partial charge in [0.1, 0.15) is 0 Å². The summed E-state index contributed by atoms with van der Waals surface area (Å²) in [5.74, 6) is 0.536. The first-order chi connectivity index (χ1) is 9.20. The Morgan fingerprint density at radius 2 is 1.63 bits per heavy atom. The molecule has 0 heterocycles. The van der Waals surface area contributed by atoms with Crippen molar-refractivity contribution in [2.75, 3.05) is 0 Å². The number of hydrogen-bond acceptors (Lipinski definition) is 1. The molecule has 19 heavy (non-hydrogen) atoms. The number of hydrogen-bond donors (Lipinski definition) is 1. The largest absolute Gasteiger partial charge is 0.309 e. The van der Waals surface area contributed by atoms with Crippen molar-refractivity contribution < 1.29 is 0 Å². The fraction of sp³-hybridized carbons (Fsp3) is 0.200. The van der Waals surface area contributed by atoms with Crippen LogP contribution in [-0.2, 0) is 19.0 Å². The van der Waals surface area contributed by atoms with Crippen LogP contribution in [0.15, 0.2) is 42.5 Å². The Balaban J connectivity index is 1.94. The molecule has 0 radical (unpaired) electrons. The van der Waals surface area contributed by atoms with Gasteiger partial charge in [-0.1, -0.05) is 59.6 Å². The van der Waals surface area contributed by atoms with E-state index in [0.29, 0.717) is 22.5 Å². The predicted molar refractivity (Wildman–Crippen MR) is 83.0 cm³/mol. The van der Waals surface area contributed by atoms with E-state index in [0.717, 1.165) is 17.7 Å². The van der Waals surface area contributed by atoms with Crippen LogP contribution in [0.2, 0.25) is 10.0 Å². The molecule has 0 unspecified atom stereocenters. The minimum Gasteiger partial charge on any atom is -0.309 e. The van der Waals surface area contributed by atoms with Crippen molar-refractivity contribution in [2.24, 2.45) is 0 Å². The molecule has 4 heteroatoms. The smallest absolute Gasteiger partial charge is 0.0637 e. The highest BCUT2D eigenvalue weighted by Crippen LogP contribution is 2.25. The molecule has 0 aromatic heterocycles. The van der Waals surface area contributed by atoms with Crippen LogP contribution in [0.4, 0.5) is 0 Å². The molecule has 0 saturated heterocycles. The molecule has 1 nitrogen and oxygen atoms in total. The van der Waals surface area contributed by atoms with Gasteiger partial charge in [0.15, 0.2) is 0 Å². The Morgan fingerprint density at radius 1 is 0.895 bits per heavy atom. The van der Waals surface area contributed by atoms with Crippen molar-refractivity contribution in [3.63, 3.8) is 0 Å². The fourth-order valence-corrected chi connectivity index (χ4v) is 2.40. The summed E-state index contributed by atoms with van der Waals surface area (Å²) in [5.41, 5.74) is 3.33. The van der Waals surface area contributed by atoms with E-state index in [-0.39, 0.29) is 0 Å². The van der Waals surface area contributed by atoms with Crippen LogP contribution < -0.4 is 5.32 Å². The van der Waals surface area contributed by atoms with Crippen LogP contribution in [0, 0.1) is 0 Å². The number of halogens is 3. The first-order valence-corrected chi connectivity index (χ1v) is 7.27. The summed E-state index contributed by atoms with van der Waals surface area (Å²) in [5, 5.41) is 4.56. The molecule has 0 saturated carbocycles. The predicted octanol–water partition coefficient (Wildman–Crippen LogP) is 5.02. The Labute approximate surface area is 128 Å². The van der Waals surface area contributed by atoms with Gasteiger partial charge in [0.05, 0.1) is 10.0 Å². The number of rotatable bonds is 5. The van der Waals surface area contributed by atoms with Crippen LogP contribution in [-0.4, -0.2) is 0 Å². The van der Waals surface area contributed by atoms with E-state index in [1.165, 1.54) is 5.56 Å². The second-order valence-electron chi connectivity index (χ2n) is 4.27. The molecule has 0 spiro atoms. The van der Waals surface area contributed by atoms with Crippen molar-refractivity contribution in [2.45, 2.75) is 19.0 Å². The maximum absolute atomic E-state index is 6.13. The van der Waals surface area contributed by atoms with Crippen LogP contribution >= 0.6 is 34.8 Å². The van der Waals surface area contributed by atoms with Gasteiger partial charge in [0.25, 0.3) is 0 Å². The lowest BCUT2D eigenvalue weighted by atomic mass is 10.1. The number of alkyl halides is 1. The summed E-state index contributed by atoms with van der Waals surface area (Å²) in [6.45, 7) is 1.46. The van der Waals surface area contributed by atoms with Crippen molar-refractivity contribution in [3.05, 3.63) is 69.2 Å². The standard InChI is InChI=1S/C15H14Cl3N/c16-8-11-3-1-4-12(7-11)9-19-10-13-5-2-6-14(17)15(13)18/h1-7,19H,8-10H2. The quantitative estimate of drug-likeness (QED) is 0.764. The Morgan fingerprint density at radius 3 is 2.42 bits per heavy atom. The van der Waals surface area contributed by atoms with Crippen molar-refractivity contribution in [3.8, 4) is 0 Å². The molecule has 0 bridgehead atoms. The molecule has 0 atom stereocenters. The first-order valence-electron chi connectivity index (χ1n) is 5.98. The normalized spacial score (nSPS) is 10.7. The molecule has 0 amide bonds. The summed E-state index contributed by atoms with van der Waals surface area (Å²) < 4.78 is 0. The zero-order valence-corrected chi connectivity index (χ0v) is 12.6. The van der Waals surface area contributed by atoms with E-state index in [9.17, 15) is 0 Å². The summed E-state index contributed by atoms with van der Waals surface area (Å²) in [4.78, 5) is 0. The van der Waals surface area contributed by atoms with Gasteiger partial charge in [0, 0.05) is 19.0 Å². The molecule has 100 valence electrons.